The van der Waals surface area contributed by atoms with Crippen LogP contribution in [0, 0.1) is 17.1 Å². The number of nitriles is 1. The lowest BCUT2D eigenvalue weighted by Gasteiger charge is -2.10. The molecule has 1 aromatic heterocycles. The monoisotopic (exact) mass is 335 g/mol. The van der Waals surface area contributed by atoms with Crippen LogP contribution < -0.4 is 16.2 Å². The lowest BCUT2D eigenvalue weighted by atomic mass is 10.1. The van der Waals surface area contributed by atoms with Gasteiger partial charge < -0.3 is 16.2 Å². The van der Waals surface area contributed by atoms with E-state index in [-0.39, 0.29) is 29.8 Å². The normalized spacial score (nSPS) is 10.2. The topological polar surface area (TPSA) is 111 Å². The Morgan fingerprint density at radius 3 is 2.64 bits per heavy atom. The van der Waals surface area contributed by atoms with E-state index in [1.807, 2.05) is 6.07 Å². The van der Waals surface area contributed by atoms with E-state index in [9.17, 15) is 9.65 Å². The minimum Gasteiger partial charge on any atom is -0.489 e. The van der Waals surface area contributed by atoms with E-state index < -0.39 is 0 Å². The van der Waals surface area contributed by atoms with Gasteiger partial charge in [-0.3, -0.25) is 0 Å². The third kappa shape index (κ3) is 3.48. The maximum Gasteiger partial charge on any atom is 0.222 e. The van der Waals surface area contributed by atoms with Gasteiger partial charge in [0.05, 0.1) is 5.69 Å². The molecule has 0 saturated carbocycles. The highest BCUT2D eigenvalue weighted by molar-refractivity contribution is 5.73. The predicted molar refractivity (Wildman–Crippen MR) is 91.7 cm³/mol. The van der Waals surface area contributed by atoms with Gasteiger partial charge >= 0.3 is 0 Å². The summed E-state index contributed by atoms with van der Waals surface area (Å²) in [5.74, 6) is 0.161. The lowest BCUT2D eigenvalue weighted by Crippen LogP contribution is -2.05. The molecule has 3 rings (SSSR count). The molecular weight excluding hydrogens is 321 g/mol. The van der Waals surface area contributed by atoms with Crippen molar-refractivity contribution in [2.75, 3.05) is 11.5 Å². The summed E-state index contributed by atoms with van der Waals surface area (Å²) in [5, 5.41) is 9.28. The third-order valence-electron chi connectivity index (χ3n) is 3.53. The minimum absolute atomic E-state index is 0.0164. The molecule has 0 unspecified atom stereocenters. The van der Waals surface area contributed by atoms with Crippen LogP contribution in [0.4, 0.5) is 16.2 Å². The Kier molecular flexibility index (Phi) is 4.44. The largest absolute Gasteiger partial charge is 0.489 e. The Labute approximate surface area is 143 Å². The number of anilines is 2. The average molecular weight is 335 g/mol. The second kappa shape index (κ2) is 6.84. The summed E-state index contributed by atoms with van der Waals surface area (Å²) < 4.78 is 19.3. The molecule has 4 N–H and O–H groups in total. The molecule has 0 atom stereocenters. The third-order valence-corrected chi connectivity index (χ3v) is 3.53. The van der Waals surface area contributed by atoms with E-state index >= 15 is 0 Å². The number of hydrogen-bond donors (Lipinski definition) is 2. The van der Waals surface area contributed by atoms with Crippen LogP contribution in [0.5, 0.6) is 5.75 Å². The zero-order chi connectivity index (χ0) is 17.8. The first kappa shape index (κ1) is 16.2. The van der Waals surface area contributed by atoms with Crippen LogP contribution in [-0.4, -0.2) is 9.97 Å². The summed E-state index contributed by atoms with van der Waals surface area (Å²) >= 11 is 0. The Balaban J connectivity index is 1.90. The van der Waals surface area contributed by atoms with Gasteiger partial charge in [-0.25, -0.2) is 9.37 Å². The van der Waals surface area contributed by atoms with Gasteiger partial charge in [-0.15, -0.1) is 0 Å². The standard InChI is InChI=1S/C18H14FN5O/c19-15-7-2-1-4-12(15)10-25-13-6-3-5-11(8-13)16-14(9-20)17(21)24-18(22)23-16/h1-8H,10H2,(H4,21,22,23,24). The molecule has 0 radical (unpaired) electrons. The molecular formula is C18H14FN5O. The van der Waals surface area contributed by atoms with Gasteiger partial charge in [0.25, 0.3) is 0 Å². The van der Waals surface area contributed by atoms with Crippen LogP contribution in [0.25, 0.3) is 11.3 Å². The molecule has 124 valence electrons. The van der Waals surface area contributed by atoms with Gasteiger partial charge in [0.15, 0.2) is 0 Å². The number of nitrogen functional groups attached to an aromatic ring is 2. The molecule has 7 heteroatoms. The lowest BCUT2D eigenvalue weighted by molar-refractivity contribution is 0.300. The maximum atomic E-state index is 13.7. The van der Waals surface area contributed by atoms with Gasteiger partial charge in [0.1, 0.15) is 35.6 Å². The molecule has 0 spiro atoms. The highest BCUT2D eigenvalue weighted by Crippen LogP contribution is 2.28. The summed E-state index contributed by atoms with van der Waals surface area (Å²) in [6, 6.07) is 15.3. The second-order valence-corrected chi connectivity index (χ2v) is 5.21. The minimum atomic E-state index is -0.332. The summed E-state index contributed by atoms with van der Waals surface area (Å²) in [4.78, 5) is 7.88. The number of aromatic nitrogens is 2. The fourth-order valence-corrected chi connectivity index (χ4v) is 2.32. The zero-order valence-corrected chi connectivity index (χ0v) is 13.1. The molecule has 0 amide bonds. The molecule has 25 heavy (non-hydrogen) atoms. The second-order valence-electron chi connectivity index (χ2n) is 5.21. The number of rotatable bonds is 4. The number of benzene rings is 2. The van der Waals surface area contributed by atoms with Crippen molar-refractivity contribution in [2.45, 2.75) is 6.61 Å². The number of ether oxygens (including phenoxy) is 1. The van der Waals surface area contributed by atoms with Gasteiger partial charge in [0.2, 0.25) is 5.95 Å². The van der Waals surface area contributed by atoms with E-state index in [0.29, 0.717) is 22.6 Å². The van der Waals surface area contributed by atoms with Crippen LogP contribution in [0.1, 0.15) is 11.1 Å². The molecule has 0 aliphatic carbocycles. The van der Waals surface area contributed by atoms with Crippen molar-refractivity contribution in [2.24, 2.45) is 0 Å². The molecule has 3 aromatic rings. The van der Waals surface area contributed by atoms with Crippen LogP contribution in [0.15, 0.2) is 48.5 Å². The van der Waals surface area contributed by atoms with Crippen molar-refractivity contribution in [3.63, 3.8) is 0 Å². The van der Waals surface area contributed by atoms with E-state index in [1.54, 1.807) is 42.5 Å². The molecule has 1 heterocycles. The first-order valence-corrected chi connectivity index (χ1v) is 7.38. The SMILES string of the molecule is N#Cc1c(N)nc(N)nc1-c1cccc(OCc2ccccc2F)c1. The van der Waals surface area contributed by atoms with Crippen molar-refractivity contribution >= 4 is 11.8 Å². The van der Waals surface area contributed by atoms with E-state index in [4.69, 9.17) is 16.2 Å². The summed E-state index contributed by atoms with van der Waals surface area (Å²) in [7, 11) is 0. The zero-order valence-electron chi connectivity index (χ0n) is 13.1. The Morgan fingerprint density at radius 2 is 1.88 bits per heavy atom. The number of nitrogens with zero attached hydrogens (tertiary/aromatic N) is 3. The van der Waals surface area contributed by atoms with Gasteiger partial charge in [-0.05, 0) is 18.2 Å². The van der Waals surface area contributed by atoms with Crippen molar-refractivity contribution in [3.8, 4) is 23.1 Å². The quantitative estimate of drug-likeness (QED) is 0.758. The highest BCUT2D eigenvalue weighted by Gasteiger charge is 2.14. The number of hydrogen-bond acceptors (Lipinski definition) is 6. The van der Waals surface area contributed by atoms with Crippen molar-refractivity contribution in [1.82, 2.24) is 9.97 Å². The van der Waals surface area contributed by atoms with Crippen LogP contribution in [0.3, 0.4) is 0 Å². The summed E-state index contributed by atoms with van der Waals surface area (Å²) in [6.45, 7) is 0.0787. The first-order chi connectivity index (χ1) is 12.1. The van der Waals surface area contributed by atoms with Gasteiger partial charge in [0, 0.05) is 11.1 Å². The molecule has 0 aliphatic heterocycles. The van der Waals surface area contributed by atoms with Crippen molar-refractivity contribution in [3.05, 3.63) is 65.5 Å². The molecule has 0 fully saturated rings. The smallest absolute Gasteiger partial charge is 0.222 e. The summed E-state index contributed by atoms with van der Waals surface area (Å²) in [5.41, 5.74) is 12.9. The van der Waals surface area contributed by atoms with Crippen molar-refractivity contribution < 1.29 is 9.13 Å². The van der Waals surface area contributed by atoms with Crippen LogP contribution in [-0.2, 0) is 6.61 Å². The number of nitrogens with two attached hydrogens (primary N) is 2. The Bertz CT molecular complexity index is 968. The molecule has 6 nitrogen and oxygen atoms in total. The summed E-state index contributed by atoms with van der Waals surface area (Å²) in [6.07, 6.45) is 0. The maximum absolute atomic E-state index is 13.7. The number of halogens is 1. The fourth-order valence-electron chi connectivity index (χ4n) is 2.32. The first-order valence-electron chi connectivity index (χ1n) is 7.38. The van der Waals surface area contributed by atoms with E-state index in [0.717, 1.165) is 0 Å². The predicted octanol–water partition coefficient (Wildman–Crippen LogP) is 2.90. The Morgan fingerprint density at radius 1 is 1.08 bits per heavy atom. The molecule has 0 saturated heterocycles. The van der Waals surface area contributed by atoms with Crippen LogP contribution >= 0.6 is 0 Å². The fraction of sp³-hybridized carbons (Fsp3) is 0.0556. The molecule has 0 aliphatic rings. The molecule has 2 aromatic carbocycles. The van der Waals surface area contributed by atoms with Gasteiger partial charge in [-0.1, -0.05) is 30.3 Å². The highest BCUT2D eigenvalue weighted by atomic mass is 19.1. The molecule has 0 bridgehead atoms. The average Bonchev–Trinajstić information content (AvgIpc) is 2.61. The van der Waals surface area contributed by atoms with E-state index in [1.165, 1.54) is 6.07 Å². The van der Waals surface area contributed by atoms with Crippen LogP contribution in [0.2, 0.25) is 0 Å². The Hall–Kier alpha value is -3.66. The van der Waals surface area contributed by atoms with E-state index in [2.05, 4.69) is 9.97 Å². The van der Waals surface area contributed by atoms with Crippen molar-refractivity contribution in [1.29, 1.82) is 5.26 Å². The van der Waals surface area contributed by atoms with Gasteiger partial charge in [-0.2, -0.15) is 10.2 Å².